The van der Waals surface area contributed by atoms with E-state index >= 15 is 0 Å². The molecule has 12 rings (SSSR count). The van der Waals surface area contributed by atoms with Crippen molar-refractivity contribution >= 4 is 91.8 Å². The minimum atomic E-state index is -3.04. The first-order valence-corrected chi connectivity index (χ1v) is 24.7. The van der Waals surface area contributed by atoms with Gasteiger partial charge < -0.3 is 9.80 Å². The normalized spacial score (nSPS) is 16.5. The van der Waals surface area contributed by atoms with Gasteiger partial charge in [0.25, 0.3) is 0 Å². The van der Waals surface area contributed by atoms with Gasteiger partial charge in [0, 0.05) is 40.5 Å². The standard InChI is InChI=1S/C55H40N2Si2/c1-4-23-43(24-5-1)58(44-25-6-2-7-26-44)51-34-16-14-32-49(51)57-50-33-15-17-35-52(50)59(45-27-8-3-9-28-45,54-37-19-36-53(58)55(54)57)46-29-18-22-42(39-46)56-47-30-12-10-20-40(47)38-41-21-11-13-31-48(41)56/h1-37,39H,38H2. The first-order chi connectivity index (χ1) is 29.3. The van der Waals surface area contributed by atoms with Gasteiger partial charge in [0.15, 0.2) is 16.1 Å². The van der Waals surface area contributed by atoms with Crippen molar-refractivity contribution in [2.45, 2.75) is 6.42 Å². The summed E-state index contributed by atoms with van der Waals surface area (Å²) in [4.78, 5) is 5.15. The molecule has 0 radical (unpaired) electrons. The Balaban J connectivity index is 1.21. The molecule has 0 spiro atoms. The van der Waals surface area contributed by atoms with Crippen LogP contribution in [0.15, 0.2) is 231 Å². The Kier molecular flexibility index (Phi) is 7.67. The van der Waals surface area contributed by atoms with Crippen molar-refractivity contribution in [3.63, 3.8) is 0 Å². The lowest BCUT2D eigenvalue weighted by molar-refractivity contribution is 1.09. The van der Waals surface area contributed by atoms with Gasteiger partial charge in [-0.05, 0) is 89.0 Å². The van der Waals surface area contributed by atoms with Gasteiger partial charge in [0.2, 0.25) is 0 Å². The van der Waals surface area contributed by atoms with Gasteiger partial charge in [-0.1, -0.05) is 194 Å². The summed E-state index contributed by atoms with van der Waals surface area (Å²) in [6, 6.07) is 87.8. The molecule has 0 aliphatic carbocycles. The van der Waals surface area contributed by atoms with E-state index in [4.69, 9.17) is 0 Å². The third-order valence-electron chi connectivity index (χ3n) is 13.2. The summed E-state index contributed by atoms with van der Waals surface area (Å²) >= 11 is 0. The van der Waals surface area contributed by atoms with E-state index in [0.717, 1.165) is 6.42 Å². The van der Waals surface area contributed by atoms with Crippen LogP contribution >= 0.6 is 0 Å². The first kappa shape index (κ1) is 34.1. The monoisotopic (exact) mass is 784 g/mol. The molecule has 0 saturated carbocycles. The Morgan fingerprint density at radius 1 is 0.288 bits per heavy atom. The van der Waals surface area contributed by atoms with Gasteiger partial charge in [-0.3, -0.25) is 0 Å². The first-order valence-electron chi connectivity index (χ1n) is 20.7. The number of nitrogens with zero attached hydrogens (tertiary/aromatic N) is 2. The topological polar surface area (TPSA) is 6.48 Å². The highest BCUT2D eigenvalue weighted by Crippen LogP contribution is 2.45. The summed E-state index contributed by atoms with van der Waals surface area (Å²) in [7, 11) is -5.90. The lowest BCUT2D eigenvalue weighted by Gasteiger charge is -2.52. The van der Waals surface area contributed by atoms with Crippen LogP contribution in [-0.4, -0.2) is 16.1 Å². The van der Waals surface area contributed by atoms with Crippen LogP contribution in [0.3, 0.4) is 0 Å². The number of benzene rings is 9. The average molecular weight is 785 g/mol. The Morgan fingerprint density at radius 3 is 1.17 bits per heavy atom. The van der Waals surface area contributed by atoms with Crippen molar-refractivity contribution in [3.8, 4) is 0 Å². The second kappa shape index (κ2) is 13.3. The van der Waals surface area contributed by atoms with Gasteiger partial charge in [0.05, 0.1) is 0 Å². The SMILES string of the molecule is c1ccc([Si]2(c3ccccc3)c3ccccc3N3c4ccccc4[Si](c4ccccc4)(c4cccc(N5c6ccccc6Cc6ccccc65)c4)c4cccc2c43)cc1. The molecule has 3 heterocycles. The maximum atomic E-state index is 2.64. The van der Waals surface area contributed by atoms with E-state index in [1.54, 1.807) is 0 Å². The van der Waals surface area contributed by atoms with E-state index in [-0.39, 0.29) is 0 Å². The average Bonchev–Trinajstić information content (AvgIpc) is 3.31. The Hall–Kier alpha value is -6.99. The van der Waals surface area contributed by atoms with Crippen molar-refractivity contribution in [2.75, 3.05) is 9.80 Å². The fourth-order valence-electron chi connectivity index (χ4n) is 10.9. The molecule has 2 nitrogen and oxygen atoms in total. The number of hydrogen-bond donors (Lipinski definition) is 0. The van der Waals surface area contributed by atoms with Crippen LogP contribution in [0.4, 0.5) is 34.1 Å². The van der Waals surface area contributed by atoms with Crippen LogP contribution in [-0.2, 0) is 6.42 Å². The molecule has 3 aliphatic heterocycles. The molecule has 4 heteroatoms. The van der Waals surface area contributed by atoms with E-state index in [0.29, 0.717) is 0 Å². The number of para-hydroxylation sites is 5. The molecule has 0 amide bonds. The number of rotatable bonds is 5. The van der Waals surface area contributed by atoms with Crippen LogP contribution in [0.25, 0.3) is 0 Å². The molecular formula is C55H40N2Si2. The summed E-state index contributed by atoms with van der Waals surface area (Å²) < 4.78 is 0. The quantitative estimate of drug-likeness (QED) is 0.164. The van der Waals surface area contributed by atoms with Gasteiger partial charge in [0.1, 0.15) is 0 Å². The molecule has 1 unspecified atom stereocenters. The van der Waals surface area contributed by atoms with Gasteiger partial charge in [-0.15, -0.1) is 0 Å². The fourth-order valence-corrected chi connectivity index (χ4v) is 21.3. The molecule has 0 N–H and O–H groups in total. The molecule has 3 aliphatic rings. The minimum Gasteiger partial charge on any atom is -0.311 e. The van der Waals surface area contributed by atoms with Gasteiger partial charge in [-0.25, -0.2) is 0 Å². The van der Waals surface area contributed by atoms with Crippen molar-refractivity contribution in [2.24, 2.45) is 0 Å². The summed E-state index contributed by atoms with van der Waals surface area (Å²) in [5.41, 5.74) is 10.3. The molecule has 1 atom stereocenters. The van der Waals surface area contributed by atoms with Crippen LogP contribution < -0.4 is 51.3 Å². The molecule has 0 bridgehead atoms. The Morgan fingerprint density at radius 2 is 0.661 bits per heavy atom. The van der Waals surface area contributed by atoms with Crippen LogP contribution in [0.5, 0.6) is 0 Å². The highest BCUT2D eigenvalue weighted by molar-refractivity contribution is 7.24. The van der Waals surface area contributed by atoms with Crippen molar-refractivity contribution in [1.29, 1.82) is 0 Å². The zero-order valence-corrected chi connectivity index (χ0v) is 34.5. The lowest BCUT2D eigenvalue weighted by atomic mass is 9.95. The third-order valence-corrected chi connectivity index (χ3v) is 22.8. The van der Waals surface area contributed by atoms with Crippen molar-refractivity contribution in [1.82, 2.24) is 0 Å². The molecule has 9 aromatic carbocycles. The predicted molar refractivity (Wildman–Crippen MR) is 253 cm³/mol. The second-order valence-corrected chi connectivity index (χ2v) is 23.5. The number of hydrogen-bond acceptors (Lipinski definition) is 2. The zero-order chi connectivity index (χ0) is 39.0. The molecular weight excluding hydrogens is 745 g/mol. The van der Waals surface area contributed by atoms with E-state index in [9.17, 15) is 0 Å². The zero-order valence-electron chi connectivity index (χ0n) is 32.5. The highest BCUT2D eigenvalue weighted by Gasteiger charge is 2.56. The largest absolute Gasteiger partial charge is 0.311 e. The summed E-state index contributed by atoms with van der Waals surface area (Å²) in [5.74, 6) is 0. The van der Waals surface area contributed by atoms with Gasteiger partial charge in [-0.2, -0.15) is 0 Å². The molecule has 278 valence electrons. The molecule has 0 aromatic heterocycles. The van der Waals surface area contributed by atoms with Crippen LogP contribution in [0.2, 0.25) is 0 Å². The summed E-state index contributed by atoms with van der Waals surface area (Å²) in [6.45, 7) is 0. The van der Waals surface area contributed by atoms with E-state index in [1.807, 2.05) is 0 Å². The maximum Gasteiger partial charge on any atom is 0.184 e. The third kappa shape index (κ3) is 4.73. The summed E-state index contributed by atoms with van der Waals surface area (Å²) in [5, 5.41) is 11.3. The molecule has 59 heavy (non-hydrogen) atoms. The molecule has 0 fully saturated rings. The molecule has 9 aromatic rings. The fraction of sp³-hybridized carbons (Fsp3) is 0.0182. The Labute approximate surface area is 348 Å². The Bertz CT molecular complexity index is 2970. The number of anilines is 6. The van der Waals surface area contributed by atoms with E-state index in [1.165, 1.54) is 86.7 Å². The smallest absolute Gasteiger partial charge is 0.184 e. The van der Waals surface area contributed by atoms with Crippen molar-refractivity contribution < 1.29 is 0 Å². The van der Waals surface area contributed by atoms with E-state index < -0.39 is 16.1 Å². The minimum absolute atomic E-state index is 0.931. The van der Waals surface area contributed by atoms with E-state index in [2.05, 4.69) is 240 Å². The van der Waals surface area contributed by atoms with Gasteiger partial charge >= 0.3 is 0 Å². The maximum absolute atomic E-state index is 3.04. The van der Waals surface area contributed by atoms with Crippen LogP contribution in [0, 0.1) is 0 Å². The highest BCUT2D eigenvalue weighted by atomic mass is 28.3. The lowest BCUT2D eigenvalue weighted by Crippen LogP contribution is -2.82. The predicted octanol–water partition coefficient (Wildman–Crippen LogP) is 7.91. The number of fused-ring (bicyclic) bond motifs is 6. The molecule has 0 saturated heterocycles. The second-order valence-electron chi connectivity index (χ2n) is 16.0. The van der Waals surface area contributed by atoms with Crippen LogP contribution in [0.1, 0.15) is 11.1 Å². The van der Waals surface area contributed by atoms with Crippen molar-refractivity contribution in [3.05, 3.63) is 242 Å². The summed E-state index contributed by atoms with van der Waals surface area (Å²) in [6.07, 6.45) is 0.931.